The average Bonchev–Trinajstić information content (AvgIpc) is 3.57. The molecule has 0 bridgehead atoms. The Balaban J connectivity index is 1.36. The molecule has 0 N–H and O–H groups in total. The lowest BCUT2D eigenvalue weighted by atomic mass is 10.1. The van der Waals surface area contributed by atoms with Gasteiger partial charge in [0.2, 0.25) is 17.7 Å². The fourth-order valence-corrected chi connectivity index (χ4v) is 5.04. The number of alkyl halides is 5. The molecular weight excluding hydrogens is 579 g/mol. The van der Waals surface area contributed by atoms with Crippen molar-refractivity contribution in [2.75, 3.05) is 12.0 Å². The van der Waals surface area contributed by atoms with Gasteiger partial charge in [-0.25, -0.2) is 19.6 Å². The third-order valence-corrected chi connectivity index (χ3v) is 7.21. The summed E-state index contributed by atoms with van der Waals surface area (Å²) in [5.41, 5.74) is 0.464. The van der Waals surface area contributed by atoms with Crippen LogP contribution in [0.5, 0.6) is 11.6 Å². The van der Waals surface area contributed by atoms with E-state index in [1.165, 1.54) is 41.1 Å². The van der Waals surface area contributed by atoms with Gasteiger partial charge in [0.25, 0.3) is 0 Å². The number of anilines is 1. The molecule has 1 saturated carbocycles. The lowest BCUT2D eigenvalue weighted by Crippen LogP contribution is -2.37. The molecule has 1 aliphatic heterocycles. The summed E-state index contributed by atoms with van der Waals surface area (Å²) in [6.07, 6.45) is -0.465. The van der Waals surface area contributed by atoms with E-state index in [0.29, 0.717) is 17.0 Å². The summed E-state index contributed by atoms with van der Waals surface area (Å²) >= 11 is 0. The summed E-state index contributed by atoms with van der Waals surface area (Å²) in [6.45, 7) is -1.37. The summed E-state index contributed by atoms with van der Waals surface area (Å²) in [4.78, 5) is 31.3. The van der Waals surface area contributed by atoms with Crippen molar-refractivity contribution in [3.05, 3.63) is 47.7 Å². The van der Waals surface area contributed by atoms with Crippen LogP contribution < -0.4 is 14.4 Å². The van der Waals surface area contributed by atoms with Crippen LogP contribution in [0.25, 0.3) is 22.8 Å². The van der Waals surface area contributed by atoms with Crippen LogP contribution in [-0.4, -0.2) is 53.9 Å². The van der Waals surface area contributed by atoms with E-state index >= 15 is 0 Å². The van der Waals surface area contributed by atoms with Crippen molar-refractivity contribution in [1.29, 1.82) is 0 Å². The van der Waals surface area contributed by atoms with Crippen LogP contribution in [0, 0.1) is 0 Å². The van der Waals surface area contributed by atoms with Crippen molar-refractivity contribution >= 4 is 11.9 Å². The lowest BCUT2D eigenvalue weighted by Gasteiger charge is -2.26. The summed E-state index contributed by atoms with van der Waals surface area (Å²) in [6, 6.07) is 4.12. The Morgan fingerprint density at radius 3 is 2.60 bits per heavy atom. The van der Waals surface area contributed by atoms with Gasteiger partial charge in [-0.2, -0.15) is 26.9 Å². The molecule has 1 fully saturated rings. The number of aromatic nitrogens is 7. The van der Waals surface area contributed by atoms with Gasteiger partial charge in [0, 0.05) is 25.1 Å². The number of rotatable bonds is 9. The van der Waals surface area contributed by atoms with Gasteiger partial charge in [-0.1, -0.05) is 6.07 Å². The lowest BCUT2D eigenvalue weighted by molar-refractivity contribution is -0.141. The van der Waals surface area contributed by atoms with Crippen LogP contribution in [0.4, 0.5) is 27.9 Å². The second-order valence-electron chi connectivity index (χ2n) is 10.0. The van der Waals surface area contributed by atoms with Crippen LogP contribution in [0.15, 0.2) is 30.7 Å². The summed E-state index contributed by atoms with van der Waals surface area (Å²) in [5.74, 6) is 0.221. The van der Waals surface area contributed by atoms with Crippen LogP contribution in [0.2, 0.25) is 0 Å². The standard InChI is InChI=1S/C27H25F5N8O3/c1-3-38-12-18(27(30,31)32)35-23(38)16-7-4-14(10-17(16)43-25(28)29)11-39-19(41)8-9-40-26(39)36-22(37-40)20-21(15-5-6-15)33-13-34-24(20)42-2/h4,7,10,12-13,15,25H,3,5-6,8-9,11H2,1-2H3. The maximum atomic E-state index is 13.4. The first-order chi connectivity index (χ1) is 20.6. The highest BCUT2D eigenvalue weighted by Gasteiger charge is 2.36. The number of hydrogen-bond donors (Lipinski definition) is 0. The second kappa shape index (κ2) is 10.9. The molecule has 2 aliphatic rings. The number of aryl methyl sites for hydroxylation is 2. The van der Waals surface area contributed by atoms with Crippen molar-refractivity contribution in [2.45, 2.75) is 64.5 Å². The number of nitrogens with zero attached hydrogens (tertiary/aromatic N) is 8. The Bertz CT molecular complexity index is 1680. The Morgan fingerprint density at radius 2 is 1.93 bits per heavy atom. The van der Waals surface area contributed by atoms with Gasteiger partial charge in [-0.3, -0.25) is 9.69 Å². The van der Waals surface area contributed by atoms with Gasteiger partial charge in [0.15, 0.2) is 11.5 Å². The molecule has 0 spiro atoms. The molecule has 0 unspecified atom stereocenters. The molecule has 1 aliphatic carbocycles. The predicted molar refractivity (Wildman–Crippen MR) is 140 cm³/mol. The van der Waals surface area contributed by atoms with Gasteiger partial charge < -0.3 is 14.0 Å². The SMILES string of the molecule is CCn1cc(C(F)(F)F)nc1-c1ccc(CN2C(=O)CCn3nc(-c4c(OC)ncnc4C4CC4)nc32)cc1OC(F)F. The first-order valence-corrected chi connectivity index (χ1v) is 13.4. The van der Waals surface area contributed by atoms with Crippen LogP contribution >= 0.6 is 0 Å². The molecule has 0 radical (unpaired) electrons. The van der Waals surface area contributed by atoms with E-state index in [0.717, 1.165) is 24.7 Å². The van der Waals surface area contributed by atoms with E-state index in [4.69, 9.17) is 9.47 Å². The van der Waals surface area contributed by atoms with E-state index in [9.17, 15) is 26.7 Å². The third kappa shape index (κ3) is 5.48. The molecular formula is C27H25F5N8O3. The molecule has 226 valence electrons. The molecule has 0 atom stereocenters. The van der Waals surface area contributed by atoms with Gasteiger partial charge in [0.1, 0.15) is 23.5 Å². The first kappa shape index (κ1) is 28.5. The van der Waals surface area contributed by atoms with Gasteiger partial charge in [-0.15, -0.1) is 5.10 Å². The summed E-state index contributed by atoms with van der Waals surface area (Å²) in [7, 11) is 1.48. The minimum atomic E-state index is -4.72. The molecule has 1 aromatic carbocycles. The fraction of sp³-hybridized carbons (Fsp3) is 0.407. The highest BCUT2D eigenvalue weighted by molar-refractivity contribution is 5.93. The third-order valence-electron chi connectivity index (χ3n) is 7.21. The van der Waals surface area contributed by atoms with Crippen molar-refractivity contribution in [1.82, 2.24) is 34.3 Å². The summed E-state index contributed by atoms with van der Waals surface area (Å²) < 4.78 is 79.9. The predicted octanol–water partition coefficient (Wildman–Crippen LogP) is 5.06. The van der Waals surface area contributed by atoms with E-state index in [1.807, 2.05) is 0 Å². The van der Waals surface area contributed by atoms with Crippen molar-refractivity contribution < 1.29 is 36.2 Å². The number of benzene rings is 1. The van der Waals surface area contributed by atoms with Crippen molar-refractivity contribution in [2.24, 2.45) is 0 Å². The largest absolute Gasteiger partial charge is 0.480 e. The van der Waals surface area contributed by atoms with E-state index < -0.39 is 18.5 Å². The number of imidazole rings is 1. The molecule has 3 aromatic heterocycles. The minimum absolute atomic E-state index is 0.0550. The monoisotopic (exact) mass is 604 g/mol. The average molecular weight is 605 g/mol. The minimum Gasteiger partial charge on any atom is -0.480 e. The quantitative estimate of drug-likeness (QED) is 0.244. The molecule has 11 nitrogen and oxygen atoms in total. The van der Waals surface area contributed by atoms with Crippen LogP contribution in [0.3, 0.4) is 0 Å². The Hall–Kier alpha value is -4.63. The zero-order chi connectivity index (χ0) is 30.5. The number of ether oxygens (including phenoxy) is 2. The molecule has 6 rings (SSSR count). The van der Waals surface area contributed by atoms with Crippen molar-refractivity contribution in [3.8, 4) is 34.4 Å². The number of methoxy groups -OCH3 is 1. The number of halogens is 5. The van der Waals surface area contributed by atoms with E-state index in [1.54, 1.807) is 11.6 Å². The number of amides is 1. The Kier molecular flexibility index (Phi) is 7.22. The number of hydrogen-bond acceptors (Lipinski definition) is 8. The zero-order valence-corrected chi connectivity index (χ0v) is 23.0. The van der Waals surface area contributed by atoms with Gasteiger partial charge in [0.05, 0.1) is 31.5 Å². The van der Waals surface area contributed by atoms with E-state index in [2.05, 4.69) is 25.0 Å². The summed E-state index contributed by atoms with van der Waals surface area (Å²) in [5, 5.41) is 4.60. The molecule has 1 amide bonds. The Morgan fingerprint density at radius 1 is 1.14 bits per heavy atom. The smallest absolute Gasteiger partial charge is 0.434 e. The Labute approximate surface area is 241 Å². The van der Waals surface area contributed by atoms with Crippen LogP contribution in [0.1, 0.15) is 49.1 Å². The first-order valence-electron chi connectivity index (χ1n) is 13.4. The van der Waals surface area contributed by atoms with Gasteiger partial charge in [-0.05, 0) is 37.5 Å². The normalized spacial score (nSPS) is 15.3. The topological polar surface area (TPSA) is 113 Å². The van der Waals surface area contributed by atoms with Crippen LogP contribution in [-0.2, 0) is 30.6 Å². The second-order valence-corrected chi connectivity index (χ2v) is 10.0. The molecule has 0 saturated heterocycles. The number of carbonyl (C=O) groups excluding carboxylic acids is 1. The van der Waals surface area contributed by atoms with Crippen molar-refractivity contribution in [3.63, 3.8) is 0 Å². The molecule has 4 aromatic rings. The molecule has 4 heterocycles. The number of fused-ring (bicyclic) bond motifs is 1. The maximum absolute atomic E-state index is 13.4. The fourth-order valence-electron chi connectivity index (χ4n) is 5.04. The zero-order valence-electron chi connectivity index (χ0n) is 23.0. The maximum Gasteiger partial charge on any atom is 0.434 e. The highest BCUT2D eigenvalue weighted by atomic mass is 19.4. The van der Waals surface area contributed by atoms with Gasteiger partial charge >= 0.3 is 12.8 Å². The number of carbonyl (C=O) groups is 1. The van der Waals surface area contributed by atoms with E-state index in [-0.39, 0.29) is 66.8 Å². The molecule has 43 heavy (non-hydrogen) atoms. The molecule has 16 heteroatoms. The highest BCUT2D eigenvalue weighted by Crippen LogP contribution is 2.45.